The lowest BCUT2D eigenvalue weighted by molar-refractivity contribution is 0.131. The van der Waals surface area contributed by atoms with Gasteiger partial charge in [0.1, 0.15) is 0 Å². The molecule has 0 atom stereocenters. The molecule has 1 aromatic rings. The molecule has 7 heteroatoms. The standard InChI is InChI=1S/C22H39N5O.HI/c1-4-26-13-15-27(16-14-26)19-21-11-7-6-10-20(21)18-25-22(23-3)24-12-8-9-17-28-5-2;/h6-7,10-11H,4-5,8-9,12-19H2,1-3H3,(H2,23,24,25);1H. The second-order valence-electron chi connectivity index (χ2n) is 7.24. The van der Waals surface area contributed by atoms with E-state index in [2.05, 4.69) is 56.6 Å². The maximum absolute atomic E-state index is 5.38. The second-order valence-corrected chi connectivity index (χ2v) is 7.24. The van der Waals surface area contributed by atoms with Crippen molar-refractivity contribution in [1.82, 2.24) is 20.4 Å². The lowest BCUT2D eigenvalue weighted by Gasteiger charge is -2.34. The highest BCUT2D eigenvalue weighted by molar-refractivity contribution is 14.0. The molecule has 0 radical (unpaired) electrons. The zero-order valence-corrected chi connectivity index (χ0v) is 20.8. The molecule has 1 aliphatic heterocycles. The van der Waals surface area contributed by atoms with Crippen LogP contribution in [0.2, 0.25) is 0 Å². The van der Waals surface area contributed by atoms with Crippen molar-refractivity contribution in [1.29, 1.82) is 0 Å². The summed E-state index contributed by atoms with van der Waals surface area (Å²) in [6.07, 6.45) is 2.16. The van der Waals surface area contributed by atoms with E-state index in [1.807, 2.05) is 14.0 Å². The third-order valence-electron chi connectivity index (χ3n) is 5.31. The highest BCUT2D eigenvalue weighted by Gasteiger charge is 2.16. The van der Waals surface area contributed by atoms with Gasteiger partial charge in [0.15, 0.2) is 5.96 Å². The molecule has 6 nitrogen and oxygen atoms in total. The maximum atomic E-state index is 5.38. The Bertz CT molecular complexity index is 576. The number of ether oxygens (including phenoxy) is 1. The number of likely N-dealkylation sites (N-methyl/N-ethyl adjacent to an activating group) is 1. The van der Waals surface area contributed by atoms with Gasteiger partial charge in [0.25, 0.3) is 0 Å². The van der Waals surface area contributed by atoms with Gasteiger partial charge >= 0.3 is 0 Å². The molecular weight excluding hydrogens is 477 g/mol. The van der Waals surface area contributed by atoms with E-state index in [0.29, 0.717) is 0 Å². The molecule has 0 unspecified atom stereocenters. The van der Waals surface area contributed by atoms with Crippen LogP contribution in [0.25, 0.3) is 0 Å². The third-order valence-corrected chi connectivity index (χ3v) is 5.31. The Hall–Kier alpha value is -0.900. The minimum atomic E-state index is 0. The van der Waals surface area contributed by atoms with E-state index in [-0.39, 0.29) is 24.0 Å². The molecule has 1 fully saturated rings. The van der Waals surface area contributed by atoms with E-state index < -0.39 is 0 Å². The Labute approximate surface area is 194 Å². The molecule has 1 heterocycles. The Morgan fingerprint density at radius 3 is 2.34 bits per heavy atom. The Morgan fingerprint density at radius 2 is 1.69 bits per heavy atom. The summed E-state index contributed by atoms with van der Waals surface area (Å²) in [7, 11) is 1.83. The van der Waals surface area contributed by atoms with Gasteiger partial charge in [-0.05, 0) is 37.4 Å². The molecule has 0 aromatic heterocycles. The molecule has 0 spiro atoms. The lowest BCUT2D eigenvalue weighted by atomic mass is 10.1. The number of piperazine rings is 1. The molecule has 0 aliphatic carbocycles. The van der Waals surface area contributed by atoms with Gasteiger partial charge in [-0.3, -0.25) is 9.89 Å². The van der Waals surface area contributed by atoms with Crippen LogP contribution < -0.4 is 10.6 Å². The normalized spacial score (nSPS) is 15.8. The van der Waals surface area contributed by atoms with Gasteiger partial charge in [-0.1, -0.05) is 31.2 Å². The zero-order chi connectivity index (χ0) is 20.0. The summed E-state index contributed by atoms with van der Waals surface area (Å²) in [5, 5.41) is 6.86. The van der Waals surface area contributed by atoms with E-state index in [1.54, 1.807) is 0 Å². The largest absolute Gasteiger partial charge is 0.382 e. The summed E-state index contributed by atoms with van der Waals surface area (Å²) >= 11 is 0. The van der Waals surface area contributed by atoms with Crippen LogP contribution in [0.5, 0.6) is 0 Å². The number of rotatable bonds is 11. The number of nitrogens with zero attached hydrogens (tertiary/aromatic N) is 3. The predicted octanol–water partition coefficient (Wildman–Crippen LogP) is 2.92. The maximum Gasteiger partial charge on any atom is 0.191 e. The summed E-state index contributed by atoms with van der Waals surface area (Å²) in [6.45, 7) is 14.5. The van der Waals surface area contributed by atoms with Crippen molar-refractivity contribution in [2.24, 2.45) is 4.99 Å². The smallest absolute Gasteiger partial charge is 0.191 e. The molecule has 2 N–H and O–H groups in total. The van der Waals surface area contributed by atoms with Crippen molar-refractivity contribution in [2.75, 3.05) is 59.5 Å². The van der Waals surface area contributed by atoms with Gasteiger partial charge in [-0.2, -0.15) is 0 Å². The molecule has 29 heavy (non-hydrogen) atoms. The van der Waals surface area contributed by atoms with Crippen molar-refractivity contribution in [3.8, 4) is 0 Å². The van der Waals surface area contributed by atoms with Gasteiger partial charge in [0, 0.05) is 66.1 Å². The van der Waals surface area contributed by atoms with Crippen molar-refractivity contribution < 1.29 is 4.74 Å². The fraction of sp³-hybridized carbons (Fsp3) is 0.682. The molecule has 1 aliphatic rings. The van der Waals surface area contributed by atoms with Crippen molar-refractivity contribution in [3.63, 3.8) is 0 Å². The highest BCUT2D eigenvalue weighted by Crippen LogP contribution is 2.13. The highest BCUT2D eigenvalue weighted by atomic mass is 127. The van der Waals surface area contributed by atoms with Crippen molar-refractivity contribution in [3.05, 3.63) is 35.4 Å². The topological polar surface area (TPSA) is 52.1 Å². The summed E-state index contributed by atoms with van der Waals surface area (Å²) in [6, 6.07) is 8.75. The fourth-order valence-electron chi connectivity index (χ4n) is 3.47. The molecule has 2 rings (SSSR count). The molecule has 0 amide bonds. The Balaban J connectivity index is 0.00000420. The van der Waals surface area contributed by atoms with Crippen LogP contribution >= 0.6 is 24.0 Å². The van der Waals surface area contributed by atoms with Gasteiger partial charge in [-0.15, -0.1) is 24.0 Å². The van der Waals surface area contributed by atoms with Crippen LogP contribution in [0, 0.1) is 0 Å². The second kappa shape index (κ2) is 15.9. The first-order valence-electron chi connectivity index (χ1n) is 10.8. The zero-order valence-electron chi connectivity index (χ0n) is 18.5. The van der Waals surface area contributed by atoms with Crippen LogP contribution in [-0.4, -0.2) is 75.3 Å². The molecule has 0 bridgehead atoms. The number of unbranched alkanes of at least 4 members (excludes halogenated alkanes) is 1. The van der Waals surface area contributed by atoms with Gasteiger partial charge in [-0.25, -0.2) is 0 Å². The minimum Gasteiger partial charge on any atom is -0.382 e. The van der Waals surface area contributed by atoms with Crippen LogP contribution in [0.1, 0.15) is 37.8 Å². The van der Waals surface area contributed by atoms with Crippen LogP contribution in [0.4, 0.5) is 0 Å². The van der Waals surface area contributed by atoms with Crippen molar-refractivity contribution in [2.45, 2.75) is 39.8 Å². The van der Waals surface area contributed by atoms with E-state index in [9.17, 15) is 0 Å². The van der Waals surface area contributed by atoms with Crippen molar-refractivity contribution >= 4 is 29.9 Å². The van der Waals surface area contributed by atoms with Crippen LogP contribution in [-0.2, 0) is 17.8 Å². The minimum absolute atomic E-state index is 0. The average Bonchev–Trinajstić information content (AvgIpc) is 2.74. The monoisotopic (exact) mass is 517 g/mol. The average molecular weight is 518 g/mol. The fourth-order valence-corrected chi connectivity index (χ4v) is 3.47. The molecule has 1 saturated heterocycles. The summed E-state index contributed by atoms with van der Waals surface area (Å²) < 4.78 is 5.38. The molecular formula is C22H40IN5O. The summed E-state index contributed by atoms with van der Waals surface area (Å²) in [5.74, 6) is 0.864. The van der Waals surface area contributed by atoms with Gasteiger partial charge < -0.3 is 20.3 Å². The summed E-state index contributed by atoms with van der Waals surface area (Å²) in [4.78, 5) is 9.44. The van der Waals surface area contributed by atoms with E-state index in [1.165, 1.54) is 24.2 Å². The predicted molar refractivity (Wildman–Crippen MR) is 133 cm³/mol. The molecule has 1 aromatic carbocycles. The number of halogens is 1. The van der Waals surface area contributed by atoms with E-state index >= 15 is 0 Å². The lowest BCUT2D eigenvalue weighted by Crippen LogP contribution is -2.45. The number of aliphatic imine (C=N–C) groups is 1. The number of guanidine groups is 1. The Morgan fingerprint density at radius 1 is 1.00 bits per heavy atom. The van der Waals surface area contributed by atoms with E-state index in [0.717, 1.165) is 71.3 Å². The van der Waals surface area contributed by atoms with Crippen LogP contribution in [0.15, 0.2) is 29.3 Å². The van der Waals surface area contributed by atoms with Gasteiger partial charge in [0.2, 0.25) is 0 Å². The molecule has 166 valence electrons. The number of hydrogen-bond acceptors (Lipinski definition) is 4. The summed E-state index contributed by atoms with van der Waals surface area (Å²) in [5.41, 5.74) is 2.76. The first kappa shape index (κ1) is 26.1. The Kier molecular flexibility index (Phi) is 14.3. The number of hydrogen-bond donors (Lipinski definition) is 2. The van der Waals surface area contributed by atoms with Gasteiger partial charge in [0.05, 0.1) is 0 Å². The van der Waals surface area contributed by atoms with Crippen LogP contribution in [0.3, 0.4) is 0 Å². The number of nitrogens with one attached hydrogen (secondary N) is 2. The third kappa shape index (κ3) is 10.1. The first-order valence-corrected chi connectivity index (χ1v) is 10.8. The SMILES string of the molecule is CCOCCCCNC(=NC)NCc1ccccc1CN1CCN(CC)CC1.I. The van der Waals surface area contributed by atoms with E-state index in [4.69, 9.17) is 4.74 Å². The molecule has 0 saturated carbocycles. The first-order chi connectivity index (χ1) is 13.8. The number of benzene rings is 1. The quantitative estimate of drug-likeness (QED) is 0.205.